The molecule has 0 bridgehead atoms. The van der Waals surface area contributed by atoms with Gasteiger partial charge in [0.1, 0.15) is 5.82 Å². The van der Waals surface area contributed by atoms with Crippen LogP contribution in [0.1, 0.15) is 25.3 Å². The largest absolute Gasteiger partial charge is 0.385 e. The lowest BCUT2D eigenvalue weighted by atomic mass is 9.79. The molecule has 1 aliphatic rings. The van der Waals surface area contributed by atoms with E-state index in [1.54, 1.807) is 13.0 Å². The van der Waals surface area contributed by atoms with Gasteiger partial charge in [0.15, 0.2) is 0 Å². The number of aliphatic hydroxyl groups is 1. The maximum absolute atomic E-state index is 10.7. The number of piperidine rings is 1. The molecule has 2 unspecified atom stereocenters. The average Bonchev–Trinajstić information content (AvgIpc) is 2.33. The van der Waals surface area contributed by atoms with Crippen LogP contribution in [0.2, 0.25) is 5.02 Å². The zero-order valence-electron chi connectivity index (χ0n) is 9.91. The Morgan fingerprint density at radius 2 is 2.41 bits per heavy atom. The molecule has 0 radical (unpaired) electrons. The van der Waals surface area contributed by atoms with Gasteiger partial charge in [-0.2, -0.15) is 0 Å². The van der Waals surface area contributed by atoms with Gasteiger partial charge in [-0.3, -0.25) is 0 Å². The molecule has 1 aromatic rings. The smallest absolute Gasteiger partial charge is 0.129 e. The summed E-state index contributed by atoms with van der Waals surface area (Å²) in [6.07, 6.45) is 3.54. The molecule has 17 heavy (non-hydrogen) atoms. The summed E-state index contributed by atoms with van der Waals surface area (Å²) in [6, 6.07) is 1.71. The third-order valence-corrected chi connectivity index (χ3v) is 3.73. The first kappa shape index (κ1) is 12.6. The van der Waals surface area contributed by atoms with Gasteiger partial charge in [0.2, 0.25) is 0 Å². The van der Waals surface area contributed by atoms with Crippen molar-refractivity contribution in [2.45, 2.75) is 25.4 Å². The molecule has 2 atom stereocenters. The van der Waals surface area contributed by atoms with Crippen molar-refractivity contribution in [3.05, 3.63) is 22.8 Å². The predicted molar refractivity (Wildman–Crippen MR) is 68.8 cm³/mol. The molecular formula is C12H18ClN3O. The number of rotatable bonds is 2. The minimum Gasteiger partial charge on any atom is -0.385 e. The first-order chi connectivity index (χ1) is 8.01. The van der Waals surface area contributed by atoms with Gasteiger partial charge < -0.3 is 16.2 Å². The number of pyridine rings is 1. The van der Waals surface area contributed by atoms with E-state index in [-0.39, 0.29) is 5.92 Å². The molecule has 1 aliphatic heterocycles. The van der Waals surface area contributed by atoms with E-state index in [1.165, 1.54) is 6.20 Å². The van der Waals surface area contributed by atoms with E-state index >= 15 is 0 Å². The minimum atomic E-state index is -0.991. The summed E-state index contributed by atoms with van der Waals surface area (Å²) >= 11 is 5.92. The highest BCUT2D eigenvalue weighted by molar-refractivity contribution is 6.30. The van der Waals surface area contributed by atoms with Crippen LogP contribution in [0.5, 0.6) is 0 Å². The molecule has 0 aliphatic carbocycles. The standard InChI is InChI=1S/C12H18ClN3O/c1-12(17,8-3-2-4-15-6-8)10-5-9(13)7-16-11(10)14/h5,7-8,15,17H,2-4,6H2,1H3,(H2,14,16). The zero-order valence-corrected chi connectivity index (χ0v) is 10.7. The summed E-state index contributed by atoms with van der Waals surface area (Å²) < 4.78 is 0. The molecule has 0 aromatic carbocycles. The van der Waals surface area contributed by atoms with Crippen molar-refractivity contribution < 1.29 is 5.11 Å². The van der Waals surface area contributed by atoms with Crippen molar-refractivity contribution in [3.8, 4) is 0 Å². The number of anilines is 1. The molecule has 1 aromatic heterocycles. The second-order valence-corrected chi connectivity index (χ2v) is 5.21. The topological polar surface area (TPSA) is 71.2 Å². The Morgan fingerprint density at radius 3 is 3.06 bits per heavy atom. The fourth-order valence-corrected chi connectivity index (χ4v) is 2.56. The van der Waals surface area contributed by atoms with Gasteiger partial charge >= 0.3 is 0 Å². The first-order valence-electron chi connectivity index (χ1n) is 5.86. The van der Waals surface area contributed by atoms with E-state index in [9.17, 15) is 5.11 Å². The molecule has 2 heterocycles. The third-order valence-electron chi connectivity index (χ3n) is 3.52. The average molecular weight is 256 g/mol. The highest BCUT2D eigenvalue weighted by Crippen LogP contribution is 2.36. The Hall–Kier alpha value is -0.840. The minimum absolute atomic E-state index is 0.138. The highest BCUT2D eigenvalue weighted by atomic mass is 35.5. The number of hydrogen-bond acceptors (Lipinski definition) is 4. The lowest BCUT2D eigenvalue weighted by Gasteiger charge is -2.36. The van der Waals surface area contributed by atoms with Crippen molar-refractivity contribution in [2.75, 3.05) is 18.8 Å². The maximum atomic E-state index is 10.7. The molecule has 5 heteroatoms. The van der Waals surface area contributed by atoms with Crippen LogP contribution in [0.3, 0.4) is 0 Å². The summed E-state index contributed by atoms with van der Waals surface area (Å²) in [5.41, 5.74) is 5.47. The van der Waals surface area contributed by atoms with Gasteiger partial charge in [0, 0.05) is 24.2 Å². The van der Waals surface area contributed by atoms with Gasteiger partial charge in [-0.25, -0.2) is 4.98 Å². The van der Waals surface area contributed by atoms with E-state index in [4.69, 9.17) is 17.3 Å². The van der Waals surface area contributed by atoms with Crippen LogP contribution in [0.4, 0.5) is 5.82 Å². The summed E-state index contributed by atoms with van der Waals surface area (Å²) in [5.74, 6) is 0.490. The quantitative estimate of drug-likeness (QED) is 0.750. The van der Waals surface area contributed by atoms with Gasteiger partial charge in [0.25, 0.3) is 0 Å². The monoisotopic (exact) mass is 255 g/mol. The molecule has 0 amide bonds. The number of nitrogens with zero attached hydrogens (tertiary/aromatic N) is 1. The summed E-state index contributed by atoms with van der Waals surface area (Å²) in [5, 5.41) is 14.5. The third kappa shape index (κ3) is 2.54. The van der Waals surface area contributed by atoms with Gasteiger partial charge in [0.05, 0.1) is 10.6 Å². The number of aromatic nitrogens is 1. The van der Waals surface area contributed by atoms with Crippen LogP contribution >= 0.6 is 11.6 Å². The van der Waals surface area contributed by atoms with Gasteiger partial charge in [-0.05, 0) is 32.4 Å². The molecule has 1 saturated heterocycles. The van der Waals surface area contributed by atoms with Gasteiger partial charge in [-0.15, -0.1) is 0 Å². The Balaban J connectivity index is 2.32. The molecule has 4 nitrogen and oxygen atoms in total. The van der Waals surface area contributed by atoms with Crippen LogP contribution in [-0.4, -0.2) is 23.2 Å². The van der Waals surface area contributed by atoms with Crippen LogP contribution in [-0.2, 0) is 5.60 Å². The molecular weight excluding hydrogens is 238 g/mol. The van der Waals surface area contributed by atoms with Crippen molar-refractivity contribution in [3.63, 3.8) is 0 Å². The summed E-state index contributed by atoms with van der Waals surface area (Å²) in [6.45, 7) is 3.59. The van der Waals surface area contributed by atoms with Crippen LogP contribution in [0.15, 0.2) is 12.3 Å². The van der Waals surface area contributed by atoms with E-state index in [1.807, 2.05) is 0 Å². The van der Waals surface area contributed by atoms with Crippen molar-refractivity contribution in [1.29, 1.82) is 0 Å². The second kappa shape index (κ2) is 4.80. The normalized spacial score (nSPS) is 24.3. The molecule has 1 fully saturated rings. The lowest BCUT2D eigenvalue weighted by molar-refractivity contribution is -0.0151. The van der Waals surface area contributed by atoms with Crippen molar-refractivity contribution in [2.24, 2.45) is 5.92 Å². The number of hydrogen-bond donors (Lipinski definition) is 3. The van der Waals surface area contributed by atoms with Crippen molar-refractivity contribution in [1.82, 2.24) is 10.3 Å². The maximum Gasteiger partial charge on any atom is 0.129 e. The van der Waals surface area contributed by atoms with Gasteiger partial charge in [-0.1, -0.05) is 11.6 Å². The molecule has 94 valence electrons. The Kier molecular flexibility index (Phi) is 3.56. The van der Waals surface area contributed by atoms with E-state index in [0.717, 1.165) is 25.9 Å². The fraction of sp³-hybridized carbons (Fsp3) is 0.583. The van der Waals surface area contributed by atoms with E-state index in [0.29, 0.717) is 16.4 Å². The van der Waals surface area contributed by atoms with Crippen molar-refractivity contribution >= 4 is 17.4 Å². The lowest BCUT2D eigenvalue weighted by Crippen LogP contribution is -2.42. The number of nitrogens with two attached hydrogens (primary N) is 1. The second-order valence-electron chi connectivity index (χ2n) is 4.78. The van der Waals surface area contributed by atoms with Crippen LogP contribution in [0, 0.1) is 5.92 Å². The Labute approximate surface area is 106 Å². The van der Waals surface area contributed by atoms with Crippen LogP contribution in [0.25, 0.3) is 0 Å². The SMILES string of the molecule is CC(O)(c1cc(Cl)cnc1N)C1CCCNC1. The summed E-state index contributed by atoms with van der Waals surface area (Å²) in [4.78, 5) is 4.01. The fourth-order valence-electron chi connectivity index (χ4n) is 2.41. The van der Waals surface area contributed by atoms with Crippen LogP contribution < -0.4 is 11.1 Å². The number of nitrogens with one attached hydrogen (secondary N) is 1. The number of nitrogen functional groups attached to an aromatic ring is 1. The molecule has 0 spiro atoms. The molecule has 4 N–H and O–H groups in total. The number of halogens is 1. The Morgan fingerprint density at radius 1 is 1.65 bits per heavy atom. The molecule has 2 rings (SSSR count). The summed E-state index contributed by atoms with van der Waals surface area (Å²) in [7, 11) is 0. The van der Waals surface area contributed by atoms with E-state index < -0.39 is 5.60 Å². The van der Waals surface area contributed by atoms with E-state index in [2.05, 4.69) is 10.3 Å². The molecule has 0 saturated carbocycles. The first-order valence-corrected chi connectivity index (χ1v) is 6.24. The highest BCUT2D eigenvalue weighted by Gasteiger charge is 2.36. The Bertz CT molecular complexity index is 403. The predicted octanol–water partition coefficient (Wildman–Crippen LogP) is 1.52. The zero-order chi connectivity index (χ0) is 12.5.